The summed E-state index contributed by atoms with van der Waals surface area (Å²) in [5, 5.41) is 6.94. The highest BCUT2D eigenvalue weighted by Gasteiger charge is 2.26. The number of aryl methyl sites for hydroxylation is 1. The Morgan fingerprint density at radius 3 is 2.55 bits per heavy atom. The van der Waals surface area contributed by atoms with Gasteiger partial charge in [-0.3, -0.25) is 9.59 Å². The molecule has 0 aliphatic carbocycles. The number of ketones is 1. The Hall–Kier alpha value is -3.39. The number of anilines is 1. The Morgan fingerprint density at radius 2 is 1.90 bits per heavy atom. The van der Waals surface area contributed by atoms with Crippen LogP contribution in [0.4, 0.5) is 5.69 Å². The van der Waals surface area contributed by atoms with Crippen LogP contribution in [-0.2, 0) is 0 Å². The summed E-state index contributed by atoms with van der Waals surface area (Å²) < 4.78 is 17.0. The molecule has 0 spiro atoms. The minimum absolute atomic E-state index is 0.00859. The first-order valence-corrected chi connectivity index (χ1v) is 9.41. The van der Waals surface area contributed by atoms with E-state index >= 15 is 0 Å². The second-order valence-electron chi connectivity index (χ2n) is 6.23. The third kappa shape index (κ3) is 3.42. The third-order valence-electron chi connectivity index (χ3n) is 4.45. The smallest absolute Gasteiger partial charge is 0.261 e. The number of rotatable bonds is 5. The van der Waals surface area contributed by atoms with Gasteiger partial charge in [0.1, 0.15) is 11.3 Å². The molecule has 4 aromatic rings. The van der Waals surface area contributed by atoms with Crippen molar-refractivity contribution in [3.8, 4) is 5.75 Å². The average molecular weight is 455 g/mol. The van der Waals surface area contributed by atoms with Gasteiger partial charge < -0.3 is 19.0 Å². The quantitative estimate of drug-likeness (QED) is 0.427. The molecule has 0 bridgehead atoms. The van der Waals surface area contributed by atoms with E-state index in [1.165, 1.54) is 13.3 Å². The summed E-state index contributed by atoms with van der Waals surface area (Å²) in [5.74, 6) is 0.00387. The molecule has 0 unspecified atom stereocenters. The van der Waals surface area contributed by atoms with Crippen LogP contribution in [0.1, 0.15) is 32.2 Å². The molecular formula is C21H15BrN2O5. The standard InChI is InChI=1S/C21H15BrN2O5/c1-11-15(10-23-29-11)21(26)24-17-14-4-3-5-16(27-2)19(14)28-20(17)18(25)12-6-8-13(22)9-7-12/h3-10H,1-2H3,(H,24,26). The SMILES string of the molecule is COc1cccc2c(NC(=O)c3cnoc3C)c(C(=O)c3ccc(Br)cc3)oc12. The minimum Gasteiger partial charge on any atom is -0.493 e. The molecule has 2 heterocycles. The number of methoxy groups -OCH3 is 1. The van der Waals surface area contributed by atoms with Crippen LogP contribution < -0.4 is 10.1 Å². The van der Waals surface area contributed by atoms with Crippen molar-refractivity contribution in [3.63, 3.8) is 0 Å². The van der Waals surface area contributed by atoms with Gasteiger partial charge in [-0.05, 0) is 43.3 Å². The average Bonchev–Trinajstić information content (AvgIpc) is 3.31. The number of benzene rings is 2. The van der Waals surface area contributed by atoms with Crippen LogP contribution in [-0.4, -0.2) is 24.0 Å². The minimum atomic E-state index is -0.459. The molecular weight excluding hydrogens is 440 g/mol. The zero-order valence-electron chi connectivity index (χ0n) is 15.5. The lowest BCUT2D eigenvalue weighted by molar-refractivity contribution is 0.101. The van der Waals surface area contributed by atoms with Crippen molar-refractivity contribution < 1.29 is 23.3 Å². The number of aromatic nitrogens is 1. The van der Waals surface area contributed by atoms with E-state index in [-0.39, 0.29) is 22.8 Å². The van der Waals surface area contributed by atoms with E-state index in [1.807, 2.05) is 0 Å². The maximum absolute atomic E-state index is 13.2. The highest BCUT2D eigenvalue weighted by Crippen LogP contribution is 2.37. The van der Waals surface area contributed by atoms with Gasteiger partial charge in [0.25, 0.3) is 5.91 Å². The normalized spacial score (nSPS) is 10.9. The lowest BCUT2D eigenvalue weighted by Gasteiger charge is -2.05. The monoisotopic (exact) mass is 454 g/mol. The molecule has 0 aliphatic rings. The Balaban J connectivity index is 1.85. The van der Waals surface area contributed by atoms with E-state index in [0.717, 1.165) is 4.47 Å². The lowest BCUT2D eigenvalue weighted by Crippen LogP contribution is -2.14. The molecule has 146 valence electrons. The van der Waals surface area contributed by atoms with Crippen molar-refractivity contribution in [1.29, 1.82) is 0 Å². The number of halogens is 1. The van der Waals surface area contributed by atoms with E-state index in [9.17, 15) is 9.59 Å². The molecule has 0 saturated carbocycles. The first-order chi connectivity index (χ1) is 14.0. The van der Waals surface area contributed by atoms with Crippen molar-refractivity contribution in [1.82, 2.24) is 5.16 Å². The fraction of sp³-hybridized carbons (Fsp3) is 0.0952. The van der Waals surface area contributed by atoms with E-state index < -0.39 is 5.91 Å². The molecule has 8 heteroatoms. The predicted molar refractivity (Wildman–Crippen MR) is 110 cm³/mol. The Kier molecular flexibility index (Phi) is 4.94. The first-order valence-electron chi connectivity index (χ1n) is 8.62. The van der Waals surface area contributed by atoms with Gasteiger partial charge in [-0.15, -0.1) is 0 Å². The third-order valence-corrected chi connectivity index (χ3v) is 4.97. The van der Waals surface area contributed by atoms with Crippen LogP contribution >= 0.6 is 15.9 Å². The molecule has 4 rings (SSSR count). The van der Waals surface area contributed by atoms with Crippen molar-refractivity contribution in [2.75, 3.05) is 12.4 Å². The van der Waals surface area contributed by atoms with Gasteiger partial charge in [-0.2, -0.15) is 0 Å². The molecule has 29 heavy (non-hydrogen) atoms. The molecule has 0 fully saturated rings. The summed E-state index contributed by atoms with van der Waals surface area (Å²) in [5.41, 5.74) is 1.32. The molecule has 0 aliphatic heterocycles. The number of hydrogen-bond donors (Lipinski definition) is 1. The number of furan rings is 1. The zero-order valence-corrected chi connectivity index (χ0v) is 17.1. The number of fused-ring (bicyclic) bond motifs is 1. The highest BCUT2D eigenvalue weighted by atomic mass is 79.9. The van der Waals surface area contributed by atoms with E-state index in [1.54, 1.807) is 49.4 Å². The van der Waals surface area contributed by atoms with Crippen molar-refractivity contribution in [2.45, 2.75) is 6.92 Å². The van der Waals surface area contributed by atoms with Gasteiger partial charge in [0.15, 0.2) is 17.1 Å². The predicted octanol–water partition coefficient (Wildman–Crippen LogP) is 4.98. The number of hydrogen-bond acceptors (Lipinski definition) is 6. The highest BCUT2D eigenvalue weighted by molar-refractivity contribution is 9.10. The van der Waals surface area contributed by atoms with E-state index in [0.29, 0.717) is 28.0 Å². The van der Waals surface area contributed by atoms with Gasteiger partial charge in [0.2, 0.25) is 5.78 Å². The van der Waals surface area contributed by atoms with Gasteiger partial charge in [0.05, 0.1) is 19.0 Å². The Morgan fingerprint density at radius 1 is 1.14 bits per heavy atom. The van der Waals surface area contributed by atoms with Crippen LogP contribution in [0.25, 0.3) is 11.0 Å². The topological polar surface area (TPSA) is 94.6 Å². The second-order valence-corrected chi connectivity index (χ2v) is 7.14. The van der Waals surface area contributed by atoms with Crippen LogP contribution in [0, 0.1) is 6.92 Å². The van der Waals surface area contributed by atoms with Crippen LogP contribution in [0.15, 0.2) is 62.1 Å². The van der Waals surface area contributed by atoms with Crippen molar-refractivity contribution in [3.05, 3.63) is 75.8 Å². The fourth-order valence-electron chi connectivity index (χ4n) is 2.97. The molecule has 0 atom stereocenters. The summed E-state index contributed by atoms with van der Waals surface area (Å²) in [6.45, 7) is 1.63. The molecule has 0 radical (unpaired) electrons. The number of para-hydroxylation sites is 1. The summed E-state index contributed by atoms with van der Waals surface area (Å²) >= 11 is 3.35. The summed E-state index contributed by atoms with van der Waals surface area (Å²) in [6.07, 6.45) is 1.32. The zero-order chi connectivity index (χ0) is 20.5. The number of nitrogens with zero attached hydrogens (tertiary/aromatic N) is 1. The summed E-state index contributed by atoms with van der Waals surface area (Å²) in [6, 6.07) is 12.1. The van der Waals surface area contributed by atoms with Crippen LogP contribution in [0.2, 0.25) is 0 Å². The lowest BCUT2D eigenvalue weighted by atomic mass is 10.1. The van der Waals surface area contributed by atoms with E-state index in [4.69, 9.17) is 13.7 Å². The molecule has 1 amide bonds. The van der Waals surface area contributed by atoms with Crippen molar-refractivity contribution >= 4 is 44.3 Å². The maximum atomic E-state index is 13.2. The molecule has 2 aromatic carbocycles. The largest absolute Gasteiger partial charge is 0.493 e. The van der Waals surface area contributed by atoms with E-state index in [2.05, 4.69) is 26.4 Å². The van der Waals surface area contributed by atoms with Crippen LogP contribution in [0.3, 0.4) is 0 Å². The number of amides is 1. The van der Waals surface area contributed by atoms with Gasteiger partial charge >= 0.3 is 0 Å². The van der Waals surface area contributed by atoms with Gasteiger partial charge in [0, 0.05) is 15.4 Å². The number of carbonyl (C=O) groups excluding carboxylic acids is 2. The Bertz CT molecular complexity index is 1220. The van der Waals surface area contributed by atoms with Crippen LogP contribution in [0.5, 0.6) is 5.75 Å². The molecule has 2 aromatic heterocycles. The van der Waals surface area contributed by atoms with Crippen molar-refractivity contribution in [2.24, 2.45) is 0 Å². The summed E-state index contributed by atoms with van der Waals surface area (Å²) in [4.78, 5) is 25.9. The second kappa shape index (κ2) is 7.56. The number of ether oxygens (including phenoxy) is 1. The maximum Gasteiger partial charge on any atom is 0.261 e. The Labute approximate surface area is 173 Å². The first kappa shape index (κ1) is 18.9. The number of carbonyl (C=O) groups is 2. The fourth-order valence-corrected chi connectivity index (χ4v) is 3.23. The van der Waals surface area contributed by atoms with Gasteiger partial charge in [-0.1, -0.05) is 27.2 Å². The van der Waals surface area contributed by atoms with Gasteiger partial charge in [-0.25, -0.2) is 0 Å². The molecule has 0 saturated heterocycles. The number of nitrogens with one attached hydrogen (secondary N) is 1. The molecule has 7 nitrogen and oxygen atoms in total. The molecule has 1 N–H and O–H groups in total. The summed E-state index contributed by atoms with van der Waals surface area (Å²) in [7, 11) is 1.51.